The lowest BCUT2D eigenvalue weighted by atomic mass is 9.80. The number of ether oxygens (including phenoxy) is 1. The highest BCUT2D eigenvalue weighted by Gasteiger charge is 2.51. The van der Waals surface area contributed by atoms with Crippen molar-refractivity contribution in [1.82, 2.24) is 10.3 Å². The van der Waals surface area contributed by atoms with E-state index in [0.29, 0.717) is 23.0 Å². The van der Waals surface area contributed by atoms with Crippen LogP contribution in [0.3, 0.4) is 0 Å². The second-order valence-corrected chi connectivity index (χ2v) is 14.1. The monoisotopic (exact) mass is 667 g/mol. The lowest BCUT2D eigenvalue weighted by Crippen LogP contribution is -2.65. The molecular formula is C40H51N4O5+. The molecule has 9 nitrogen and oxygen atoms in total. The molecule has 1 amide bonds. The summed E-state index contributed by atoms with van der Waals surface area (Å²) in [7, 11) is 0. The number of aromatic hydroxyl groups is 1. The van der Waals surface area contributed by atoms with Gasteiger partial charge in [0, 0.05) is 42.8 Å². The van der Waals surface area contributed by atoms with Gasteiger partial charge in [-0.05, 0) is 55.1 Å². The van der Waals surface area contributed by atoms with Gasteiger partial charge in [-0.15, -0.1) is 0 Å². The number of aliphatic hydroxyl groups excluding tert-OH is 1. The number of unbranched alkanes of at least 4 members (excludes halogenated alkanes) is 6. The highest BCUT2D eigenvalue weighted by Crippen LogP contribution is 2.41. The number of quaternary nitrogens is 1. The van der Waals surface area contributed by atoms with Crippen molar-refractivity contribution < 1.29 is 24.2 Å². The maximum Gasteiger partial charge on any atom is 0.412 e. The van der Waals surface area contributed by atoms with Crippen molar-refractivity contribution in [3.63, 3.8) is 0 Å². The molecule has 9 heteroatoms. The van der Waals surface area contributed by atoms with Crippen LogP contribution in [-0.2, 0) is 4.74 Å². The molecule has 3 fully saturated rings. The van der Waals surface area contributed by atoms with Crippen molar-refractivity contribution in [3.05, 3.63) is 94.8 Å². The Kier molecular flexibility index (Phi) is 11.3. The normalized spacial score (nSPS) is 20.7. The van der Waals surface area contributed by atoms with Gasteiger partial charge in [0.2, 0.25) is 5.56 Å². The summed E-state index contributed by atoms with van der Waals surface area (Å²) in [6, 6.07) is 24.3. The largest absolute Gasteiger partial charge is 0.506 e. The van der Waals surface area contributed by atoms with Gasteiger partial charge in [-0.2, -0.15) is 0 Å². The summed E-state index contributed by atoms with van der Waals surface area (Å²) in [4.78, 5) is 27.4. The number of anilines is 1. The predicted molar refractivity (Wildman–Crippen MR) is 195 cm³/mol. The van der Waals surface area contributed by atoms with E-state index in [1.54, 1.807) is 12.1 Å². The van der Waals surface area contributed by atoms with E-state index >= 15 is 0 Å². The van der Waals surface area contributed by atoms with Crippen LogP contribution in [0.1, 0.15) is 75.9 Å². The minimum atomic E-state index is -0.725. The van der Waals surface area contributed by atoms with Gasteiger partial charge in [0.25, 0.3) is 0 Å². The molecule has 3 aliphatic rings. The Morgan fingerprint density at radius 2 is 1.51 bits per heavy atom. The Labute approximate surface area is 288 Å². The number of piperidine rings is 3. The molecule has 0 unspecified atom stereocenters. The molecule has 4 heterocycles. The summed E-state index contributed by atoms with van der Waals surface area (Å²) in [6.45, 7) is 5.78. The average molecular weight is 668 g/mol. The third-order valence-corrected chi connectivity index (χ3v) is 10.8. The number of amides is 1. The molecule has 3 aromatic carbocycles. The highest BCUT2D eigenvalue weighted by atomic mass is 16.6. The van der Waals surface area contributed by atoms with E-state index in [1.807, 2.05) is 42.5 Å². The van der Waals surface area contributed by atoms with Gasteiger partial charge in [0.15, 0.2) is 0 Å². The summed E-state index contributed by atoms with van der Waals surface area (Å²) in [5, 5.41) is 27.8. The first kappa shape index (κ1) is 34.7. The van der Waals surface area contributed by atoms with Gasteiger partial charge in [-0.1, -0.05) is 80.3 Å². The number of rotatable bonds is 16. The first-order valence-electron chi connectivity index (χ1n) is 18.1. The van der Waals surface area contributed by atoms with Gasteiger partial charge in [-0.3, -0.25) is 10.1 Å². The summed E-state index contributed by atoms with van der Waals surface area (Å²) >= 11 is 0. The predicted octanol–water partition coefficient (Wildman–Crippen LogP) is 7.26. The molecule has 0 saturated carbocycles. The Balaban J connectivity index is 0.824. The molecule has 5 N–H and O–H groups in total. The van der Waals surface area contributed by atoms with E-state index in [2.05, 4.69) is 27.8 Å². The van der Waals surface area contributed by atoms with Crippen LogP contribution in [0, 0.1) is 0 Å². The third-order valence-electron chi connectivity index (χ3n) is 10.8. The zero-order valence-corrected chi connectivity index (χ0v) is 28.5. The molecule has 3 saturated heterocycles. The summed E-state index contributed by atoms with van der Waals surface area (Å²) < 4.78 is 7.35. The fourth-order valence-electron chi connectivity index (χ4n) is 7.79. The molecule has 4 aromatic rings. The van der Waals surface area contributed by atoms with Crippen LogP contribution in [0.2, 0.25) is 0 Å². The fraction of sp³-hybridized carbons (Fsp3) is 0.450. The SMILES string of the molecule is O=C(Nc1ccccc1-c1ccccc1)OC12CC[N+](CCCCCCCCCNC[C@H](O)c3ccc(O)c4[nH]c(=O)ccc34)(CC1)CC2. The van der Waals surface area contributed by atoms with Gasteiger partial charge in [0.1, 0.15) is 11.4 Å². The van der Waals surface area contributed by atoms with Gasteiger partial charge in [-0.25, -0.2) is 4.79 Å². The molecule has 3 aliphatic heterocycles. The summed E-state index contributed by atoms with van der Waals surface area (Å²) in [5.41, 5.74) is 3.27. The van der Waals surface area contributed by atoms with Crippen LogP contribution in [0.5, 0.6) is 5.75 Å². The lowest BCUT2D eigenvalue weighted by molar-refractivity contribution is -0.944. The van der Waals surface area contributed by atoms with Crippen LogP contribution < -0.4 is 16.2 Å². The minimum Gasteiger partial charge on any atom is -0.506 e. The number of H-pyrrole nitrogens is 1. The number of benzene rings is 3. The van der Waals surface area contributed by atoms with Crippen LogP contribution in [0.25, 0.3) is 22.0 Å². The number of carbonyl (C=O) groups excluding carboxylic acids is 1. The van der Waals surface area contributed by atoms with Crippen molar-refractivity contribution >= 4 is 22.7 Å². The summed E-state index contributed by atoms with van der Waals surface area (Å²) in [5.74, 6) is 0.000142. The van der Waals surface area contributed by atoms with Crippen LogP contribution in [-0.4, -0.2) is 70.6 Å². The van der Waals surface area contributed by atoms with Gasteiger partial charge >= 0.3 is 6.09 Å². The highest BCUT2D eigenvalue weighted by molar-refractivity contribution is 5.91. The molecule has 0 spiro atoms. The number of hydrogen-bond donors (Lipinski definition) is 5. The molecule has 0 radical (unpaired) electrons. The molecule has 1 atom stereocenters. The van der Waals surface area contributed by atoms with Crippen molar-refractivity contribution in [2.45, 2.75) is 75.9 Å². The number of fused-ring (bicyclic) bond motifs is 4. The van der Waals surface area contributed by atoms with Crippen molar-refractivity contribution in [2.24, 2.45) is 0 Å². The van der Waals surface area contributed by atoms with Crippen molar-refractivity contribution in [1.29, 1.82) is 0 Å². The van der Waals surface area contributed by atoms with E-state index < -0.39 is 6.10 Å². The standard InChI is InChI=1S/C40H50N4O5/c45-35-19-17-32(33-18-20-37(47)43-38(33)35)36(46)29-41-24-11-4-2-1-3-5-12-25-44-26-21-40(22-27-44,23-28-44)49-39(48)42-34-16-10-9-15-31(34)30-13-7-6-8-14-30/h6-10,13-20,36,41,46H,1-5,11-12,21-29H2,(H2-,42,43,45,47,48)/p+1/t36-,40?,44?/m0/s1. The molecule has 1 aromatic heterocycles. The number of phenolic OH excluding ortho intramolecular Hbond substituents is 1. The van der Waals surface area contributed by atoms with Crippen LogP contribution >= 0.6 is 0 Å². The van der Waals surface area contributed by atoms with E-state index in [4.69, 9.17) is 4.74 Å². The number of pyridine rings is 1. The number of aromatic nitrogens is 1. The zero-order valence-electron chi connectivity index (χ0n) is 28.5. The minimum absolute atomic E-state index is 0.000142. The molecular weight excluding hydrogens is 616 g/mol. The van der Waals surface area contributed by atoms with Crippen molar-refractivity contribution in [3.8, 4) is 16.9 Å². The number of aliphatic hydroxyl groups is 1. The van der Waals surface area contributed by atoms with E-state index in [0.717, 1.165) is 68.7 Å². The summed E-state index contributed by atoms with van der Waals surface area (Å²) in [6.07, 6.45) is 10.2. The first-order valence-corrected chi connectivity index (χ1v) is 18.1. The van der Waals surface area contributed by atoms with E-state index in [-0.39, 0.29) is 23.0 Å². The lowest BCUT2D eigenvalue weighted by Gasteiger charge is -2.54. The van der Waals surface area contributed by atoms with Crippen LogP contribution in [0.15, 0.2) is 83.7 Å². The van der Waals surface area contributed by atoms with Gasteiger partial charge < -0.3 is 29.7 Å². The first-order chi connectivity index (χ1) is 23.9. The number of carbonyl (C=O) groups is 1. The smallest absolute Gasteiger partial charge is 0.412 e. The molecule has 2 bridgehead atoms. The Hall–Kier alpha value is -4.18. The third kappa shape index (κ3) is 8.71. The molecule has 49 heavy (non-hydrogen) atoms. The number of nitrogens with zero attached hydrogens (tertiary/aromatic N) is 1. The van der Waals surface area contributed by atoms with Gasteiger partial charge in [0.05, 0.1) is 43.5 Å². The maximum absolute atomic E-state index is 13.1. The maximum atomic E-state index is 13.1. The number of nitrogens with one attached hydrogen (secondary N) is 3. The topological polar surface area (TPSA) is 124 Å². The average Bonchev–Trinajstić information content (AvgIpc) is 3.12. The van der Waals surface area contributed by atoms with E-state index in [1.165, 1.54) is 61.7 Å². The Morgan fingerprint density at radius 1 is 0.837 bits per heavy atom. The Morgan fingerprint density at radius 3 is 2.27 bits per heavy atom. The molecule has 0 aliphatic carbocycles. The number of phenols is 1. The number of aromatic amines is 1. The van der Waals surface area contributed by atoms with Crippen LogP contribution in [0.4, 0.5) is 10.5 Å². The zero-order chi connectivity index (χ0) is 34.1. The quantitative estimate of drug-likeness (QED) is 0.0634. The second-order valence-electron chi connectivity index (χ2n) is 14.1. The molecule has 7 rings (SSSR count). The van der Waals surface area contributed by atoms with E-state index in [9.17, 15) is 19.8 Å². The molecule has 260 valence electrons. The van der Waals surface area contributed by atoms with Crippen molar-refractivity contribution in [2.75, 3.05) is 44.6 Å². The fourth-order valence-corrected chi connectivity index (χ4v) is 7.79. The number of para-hydroxylation sites is 1. The Bertz CT molecular complexity index is 1730. The second kappa shape index (κ2) is 16.0. The number of hydrogen-bond acceptors (Lipinski definition) is 6.